The van der Waals surface area contributed by atoms with Crippen LogP contribution in [-0.4, -0.2) is 37.6 Å². The van der Waals surface area contributed by atoms with Gasteiger partial charge >= 0.3 is 5.97 Å². The number of hydrogen-bond acceptors (Lipinski definition) is 6. The maximum atomic E-state index is 13.6. The number of aromatic nitrogens is 5. The zero-order valence-electron chi connectivity index (χ0n) is 22.0. The van der Waals surface area contributed by atoms with Crippen LogP contribution in [0.1, 0.15) is 38.4 Å². The number of halogens is 1. The van der Waals surface area contributed by atoms with E-state index >= 15 is 0 Å². The molecule has 0 aliphatic heterocycles. The number of benzene rings is 2. The molecule has 0 fully saturated rings. The number of hydrogen-bond donors (Lipinski definition) is 0. The third-order valence-electron chi connectivity index (χ3n) is 6.85. The van der Waals surface area contributed by atoms with Crippen molar-refractivity contribution in [3.05, 3.63) is 94.5 Å². The van der Waals surface area contributed by atoms with Gasteiger partial charge in [0.15, 0.2) is 0 Å². The molecule has 9 heteroatoms. The first-order chi connectivity index (χ1) is 18.9. The number of esters is 1. The quantitative estimate of drug-likeness (QED) is 0.220. The normalized spacial score (nSPS) is 14.9. The van der Waals surface area contributed by atoms with Crippen LogP contribution in [-0.2, 0) is 22.5 Å². The van der Waals surface area contributed by atoms with Gasteiger partial charge in [-0.3, -0.25) is 14.2 Å². The molecule has 2 aromatic heterocycles. The van der Waals surface area contributed by atoms with E-state index in [9.17, 15) is 14.0 Å². The lowest BCUT2D eigenvalue weighted by molar-refractivity contribution is -0.140. The van der Waals surface area contributed by atoms with Gasteiger partial charge in [-0.05, 0) is 67.2 Å². The number of carbonyl (C=O) groups excluding carboxylic acids is 1. The number of rotatable bonds is 9. The van der Waals surface area contributed by atoms with Gasteiger partial charge in [0.1, 0.15) is 17.3 Å². The first-order valence-electron chi connectivity index (χ1n) is 13.1. The van der Waals surface area contributed by atoms with E-state index in [1.165, 1.54) is 29.4 Å². The van der Waals surface area contributed by atoms with Gasteiger partial charge in [-0.25, -0.2) is 14.1 Å². The first kappa shape index (κ1) is 26.2. The summed E-state index contributed by atoms with van der Waals surface area (Å²) in [7, 11) is 1.36. The molecule has 0 radical (unpaired) electrons. The van der Waals surface area contributed by atoms with E-state index < -0.39 is 0 Å². The topological polar surface area (TPSA) is 91.9 Å². The van der Waals surface area contributed by atoms with Crippen molar-refractivity contribution in [1.29, 1.82) is 0 Å². The van der Waals surface area contributed by atoms with E-state index in [2.05, 4.69) is 35.5 Å². The molecule has 0 saturated heterocycles. The maximum Gasteiger partial charge on any atom is 0.305 e. The van der Waals surface area contributed by atoms with E-state index in [1.807, 2.05) is 18.3 Å². The summed E-state index contributed by atoms with van der Waals surface area (Å²) in [6, 6.07) is 11.2. The van der Waals surface area contributed by atoms with E-state index in [4.69, 9.17) is 9.72 Å². The highest BCUT2D eigenvalue weighted by atomic mass is 19.1. The SMILES string of the molecule is COC(=O)CCCCc1nc2cc(-c3cn(CC4=CCC(C)C=C4)nn3)ccc2c(=O)n1-c1ccc(F)cc1. The molecule has 2 heterocycles. The summed E-state index contributed by atoms with van der Waals surface area (Å²) in [6.07, 6.45) is 11.4. The molecule has 0 N–H and O–H groups in total. The van der Waals surface area contributed by atoms with Crippen LogP contribution < -0.4 is 5.56 Å². The first-order valence-corrected chi connectivity index (χ1v) is 13.1. The van der Waals surface area contributed by atoms with Gasteiger partial charge in [0.2, 0.25) is 0 Å². The molecule has 39 heavy (non-hydrogen) atoms. The molecule has 2 aromatic carbocycles. The van der Waals surface area contributed by atoms with Gasteiger partial charge in [-0.2, -0.15) is 0 Å². The average molecular weight is 528 g/mol. The zero-order valence-corrected chi connectivity index (χ0v) is 22.0. The number of fused-ring (bicyclic) bond motifs is 1. The average Bonchev–Trinajstić information content (AvgIpc) is 3.41. The number of unbranched alkanes of at least 4 members (excludes halogenated alkanes) is 1. The Morgan fingerprint density at radius 2 is 1.97 bits per heavy atom. The summed E-state index contributed by atoms with van der Waals surface area (Å²) in [5.41, 5.74) is 3.53. The molecule has 0 saturated carbocycles. The van der Waals surface area contributed by atoms with Gasteiger partial charge in [0, 0.05) is 18.4 Å². The molecular weight excluding hydrogens is 497 g/mol. The second-order valence-electron chi connectivity index (χ2n) is 9.81. The van der Waals surface area contributed by atoms with Gasteiger partial charge in [0.25, 0.3) is 5.56 Å². The second-order valence-corrected chi connectivity index (χ2v) is 9.81. The Balaban J connectivity index is 1.47. The smallest absolute Gasteiger partial charge is 0.305 e. The van der Waals surface area contributed by atoms with Crippen molar-refractivity contribution in [2.75, 3.05) is 7.11 Å². The molecule has 1 unspecified atom stereocenters. The molecule has 4 aromatic rings. The Bertz CT molecular complexity index is 1620. The Labute approximate surface area is 225 Å². The molecule has 1 aliphatic rings. The van der Waals surface area contributed by atoms with Crippen LogP contribution in [0.2, 0.25) is 0 Å². The molecule has 1 atom stereocenters. The minimum absolute atomic E-state index is 0.241. The van der Waals surface area contributed by atoms with E-state index in [0.29, 0.717) is 59.8 Å². The van der Waals surface area contributed by atoms with Crippen LogP contribution in [0.25, 0.3) is 27.8 Å². The Kier molecular flexibility index (Phi) is 7.76. The van der Waals surface area contributed by atoms with Crippen molar-refractivity contribution in [2.45, 2.75) is 45.6 Å². The summed E-state index contributed by atoms with van der Waals surface area (Å²) in [5.74, 6) is 0.425. The molecule has 200 valence electrons. The fourth-order valence-corrected chi connectivity index (χ4v) is 4.65. The second kappa shape index (κ2) is 11.6. The molecule has 0 spiro atoms. The third-order valence-corrected chi connectivity index (χ3v) is 6.85. The van der Waals surface area contributed by atoms with Crippen molar-refractivity contribution in [1.82, 2.24) is 24.5 Å². The van der Waals surface area contributed by atoms with Crippen LogP contribution in [0.15, 0.2) is 77.3 Å². The number of ether oxygens (including phenoxy) is 1. The summed E-state index contributed by atoms with van der Waals surface area (Å²) in [6.45, 7) is 2.83. The largest absolute Gasteiger partial charge is 0.469 e. The molecular formula is C30H30FN5O3. The van der Waals surface area contributed by atoms with Gasteiger partial charge in [-0.15, -0.1) is 5.10 Å². The Morgan fingerprint density at radius 1 is 1.15 bits per heavy atom. The molecule has 1 aliphatic carbocycles. The molecule has 8 nitrogen and oxygen atoms in total. The van der Waals surface area contributed by atoms with E-state index in [-0.39, 0.29) is 23.8 Å². The van der Waals surface area contributed by atoms with Crippen molar-refractivity contribution in [2.24, 2.45) is 5.92 Å². The highest BCUT2D eigenvalue weighted by Crippen LogP contribution is 2.23. The lowest BCUT2D eigenvalue weighted by atomic mass is 9.99. The van der Waals surface area contributed by atoms with Crippen molar-refractivity contribution < 1.29 is 13.9 Å². The number of carbonyl (C=O) groups is 1. The van der Waals surface area contributed by atoms with Gasteiger partial charge < -0.3 is 4.74 Å². The summed E-state index contributed by atoms with van der Waals surface area (Å²) >= 11 is 0. The number of aryl methyl sites for hydroxylation is 1. The molecule has 5 rings (SSSR count). The lowest BCUT2D eigenvalue weighted by Gasteiger charge is -2.14. The van der Waals surface area contributed by atoms with E-state index in [1.54, 1.807) is 22.9 Å². The van der Waals surface area contributed by atoms with Crippen molar-refractivity contribution >= 4 is 16.9 Å². The fraction of sp³-hybridized carbons (Fsp3) is 0.300. The number of nitrogens with zero attached hydrogens (tertiary/aromatic N) is 5. The minimum Gasteiger partial charge on any atom is -0.469 e. The van der Waals surface area contributed by atoms with Crippen LogP contribution in [0, 0.1) is 11.7 Å². The number of methoxy groups -OCH3 is 1. The Hall–Kier alpha value is -4.40. The predicted molar refractivity (Wildman–Crippen MR) is 147 cm³/mol. The predicted octanol–water partition coefficient (Wildman–Crippen LogP) is 5.19. The lowest BCUT2D eigenvalue weighted by Crippen LogP contribution is -2.24. The highest BCUT2D eigenvalue weighted by molar-refractivity contribution is 5.83. The van der Waals surface area contributed by atoms with Gasteiger partial charge in [-0.1, -0.05) is 36.4 Å². The standard InChI is InChI=1S/C30H30FN5O3/c1-20-7-9-21(10-8-20)18-35-19-27(33-34-35)22-11-16-25-26(17-22)32-28(5-3-4-6-29(37)39-2)36(30(25)38)24-14-12-23(31)13-15-24/h7,9-17,19-20H,3-6,8,18H2,1-2H3. The van der Waals surface area contributed by atoms with Crippen molar-refractivity contribution in [3.8, 4) is 16.9 Å². The van der Waals surface area contributed by atoms with Gasteiger partial charge in [0.05, 0.1) is 36.4 Å². The Morgan fingerprint density at radius 3 is 2.72 bits per heavy atom. The molecule has 0 amide bonds. The zero-order chi connectivity index (χ0) is 27.4. The van der Waals surface area contributed by atoms with Crippen LogP contribution >= 0.6 is 0 Å². The third kappa shape index (κ3) is 6.03. The summed E-state index contributed by atoms with van der Waals surface area (Å²) in [5, 5.41) is 9.08. The van der Waals surface area contributed by atoms with Crippen LogP contribution in [0.4, 0.5) is 4.39 Å². The maximum absolute atomic E-state index is 13.6. The van der Waals surface area contributed by atoms with Crippen molar-refractivity contribution in [3.63, 3.8) is 0 Å². The van der Waals surface area contributed by atoms with Crippen LogP contribution in [0.3, 0.4) is 0 Å². The monoisotopic (exact) mass is 527 g/mol. The van der Waals surface area contributed by atoms with Crippen LogP contribution in [0.5, 0.6) is 0 Å². The summed E-state index contributed by atoms with van der Waals surface area (Å²) < 4.78 is 21.6. The van der Waals surface area contributed by atoms with E-state index in [0.717, 1.165) is 12.0 Å². The summed E-state index contributed by atoms with van der Waals surface area (Å²) in [4.78, 5) is 30.0. The fourth-order valence-electron chi connectivity index (χ4n) is 4.65. The number of allylic oxidation sites excluding steroid dienone is 4. The minimum atomic E-state index is -0.386. The molecule has 0 bridgehead atoms. The highest BCUT2D eigenvalue weighted by Gasteiger charge is 2.15.